The van der Waals surface area contributed by atoms with Gasteiger partial charge in [-0.1, -0.05) is 0 Å². The third-order valence-electron chi connectivity index (χ3n) is 5.79. The molecule has 0 aliphatic carbocycles. The molecular weight excluding hydrogens is 466 g/mol. The standard InChI is InChI=1S/C22H18F3N5O.Co/c1-29(18-11-31-19-8-13(22(23,24)25)4-5-14(18)19)10-12-3-6-17-15(7-12)20-16(21(26)28-17)9-27-30(20)2;/h3-9,18H,11H2,1-2H3,(H2,26,28);/t18-;/m0./s1. The number of anilines is 1. The summed E-state index contributed by atoms with van der Waals surface area (Å²) >= 11 is 4.80. The topological polar surface area (TPSA) is 69.2 Å². The molecule has 0 saturated carbocycles. The Labute approximate surface area is 188 Å². The molecule has 6 nitrogen and oxygen atoms in total. The predicted molar refractivity (Wildman–Crippen MR) is 112 cm³/mol. The number of nitrogens with zero attached hydrogens (tertiary/aromatic N) is 4. The number of nitrogens with two attached hydrogens (primary N) is 1. The zero-order chi connectivity index (χ0) is 22.8. The number of aryl methyl sites for hydroxylation is 1. The summed E-state index contributed by atoms with van der Waals surface area (Å²) in [5.74, 6) is 0.657. The van der Waals surface area contributed by atoms with Crippen molar-refractivity contribution >= 4 is 32.2 Å². The Bertz CT molecular complexity index is 1400. The maximum absolute atomic E-state index is 13.0. The molecule has 1 aliphatic heterocycles. The summed E-state index contributed by atoms with van der Waals surface area (Å²) in [6.45, 7) is 0.230. The molecule has 2 N–H and O–H groups in total. The predicted octanol–water partition coefficient (Wildman–Crippen LogP) is 3.81. The Morgan fingerprint density at radius 1 is 1.22 bits per heavy atom. The Balaban J connectivity index is 1.51. The molecule has 1 aliphatic rings. The fourth-order valence-electron chi connectivity index (χ4n) is 4.10. The van der Waals surface area contributed by atoms with Gasteiger partial charge in [-0.2, -0.15) is 0 Å². The van der Waals surface area contributed by atoms with E-state index in [9.17, 15) is 13.2 Å². The Kier molecular flexibility index (Phi) is 4.77. The minimum atomic E-state index is -4.41. The maximum atomic E-state index is 13.0. The van der Waals surface area contributed by atoms with Gasteiger partial charge in [-0.15, -0.1) is 0 Å². The number of likely N-dealkylation sites (N-methyl/N-ethyl adjacent to an activating group) is 1. The average molecular weight is 484 g/mol. The fourth-order valence-corrected chi connectivity index (χ4v) is 4.43. The van der Waals surface area contributed by atoms with Gasteiger partial charge in [0.2, 0.25) is 0 Å². The van der Waals surface area contributed by atoms with Crippen LogP contribution >= 0.6 is 0 Å². The first-order valence-corrected chi connectivity index (χ1v) is 10.3. The van der Waals surface area contributed by atoms with Crippen molar-refractivity contribution < 1.29 is 33.2 Å². The van der Waals surface area contributed by atoms with Crippen molar-refractivity contribution in [1.29, 1.82) is 0 Å². The summed E-state index contributed by atoms with van der Waals surface area (Å²) in [4.78, 5) is 6.36. The Hall–Kier alpha value is -2.95. The van der Waals surface area contributed by atoms with Crippen LogP contribution in [0.3, 0.4) is 0 Å². The number of ether oxygens (including phenoxy) is 1. The summed E-state index contributed by atoms with van der Waals surface area (Å²) < 4.78 is 47.1. The number of hydrogen-bond acceptors (Lipinski definition) is 5. The number of benzene rings is 2. The van der Waals surface area contributed by atoms with Gasteiger partial charge in [-0.25, -0.2) is 0 Å². The zero-order valence-electron chi connectivity index (χ0n) is 17.1. The number of rotatable bonds is 3. The molecule has 10 heteroatoms. The van der Waals surface area contributed by atoms with E-state index in [1.54, 1.807) is 10.9 Å². The quantitative estimate of drug-likeness (QED) is 0.479. The van der Waals surface area contributed by atoms with Crippen LogP contribution in [0.15, 0.2) is 42.6 Å². The molecule has 0 radical (unpaired) electrons. The van der Waals surface area contributed by atoms with Crippen molar-refractivity contribution in [3.63, 3.8) is 0 Å². The van der Waals surface area contributed by atoms with E-state index in [0.717, 1.165) is 39.5 Å². The summed E-state index contributed by atoms with van der Waals surface area (Å²) in [6.07, 6.45) is -2.73. The van der Waals surface area contributed by atoms with Crippen molar-refractivity contribution in [3.05, 3.63) is 59.3 Å². The van der Waals surface area contributed by atoms with E-state index in [0.29, 0.717) is 16.0 Å². The van der Waals surface area contributed by atoms with Gasteiger partial charge in [-0.05, 0) is 0 Å². The molecule has 0 spiro atoms. The second kappa shape index (κ2) is 7.29. The molecule has 0 amide bonds. The minimum absolute atomic E-state index is 0.230. The van der Waals surface area contributed by atoms with E-state index in [1.165, 1.54) is 6.07 Å². The number of pyridine rings is 1. The molecule has 5 rings (SSSR count). The van der Waals surface area contributed by atoms with Crippen LogP contribution in [0.5, 0.6) is 5.75 Å². The van der Waals surface area contributed by atoms with E-state index >= 15 is 0 Å². The number of nitrogen functional groups attached to an aromatic ring is 1. The van der Waals surface area contributed by atoms with Gasteiger partial charge in [-0.3, -0.25) is 0 Å². The van der Waals surface area contributed by atoms with Crippen molar-refractivity contribution in [2.24, 2.45) is 7.05 Å². The van der Waals surface area contributed by atoms with Crippen LogP contribution in [0.4, 0.5) is 19.0 Å². The molecule has 2 aromatic carbocycles. The number of hydrogen-bond donors (Lipinski definition) is 1. The van der Waals surface area contributed by atoms with Crippen molar-refractivity contribution in [2.75, 3.05) is 19.4 Å². The van der Waals surface area contributed by atoms with E-state index < -0.39 is 11.7 Å². The first kappa shape index (κ1) is 20.9. The molecule has 167 valence electrons. The molecule has 0 unspecified atom stereocenters. The van der Waals surface area contributed by atoms with Gasteiger partial charge >= 0.3 is 189 Å². The fraction of sp³-hybridized carbons (Fsp3) is 0.227. The van der Waals surface area contributed by atoms with Gasteiger partial charge in [0.15, 0.2) is 0 Å². The Morgan fingerprint density at radius 2 is 2.00 bits per heavy atom. The first-order valence-electron chi connectivity index (χ1n) is 9.73. The van der Waals surface area contributed by atoms with Crippen LogP contribution in [0, 0.1) is 0 Å². The van der Waals surface area contributed by atoms with Crippen molar-refractivity contribution in [3.8, 4) is 5.75 Å². The number of fused-ring (bicyclic) bond motifs is 4. The molecule has 0 saturated heterocycles. The van der Waals surface area contributed by atoms with Gasteiger partial charge < -0.3 is 0 Å². The van der Waals surface area contributed by atoms with Gasteiger partial charge in [0.1, 0.15) is 0 Å². The van der Waals surface area contributed by atoms with Crippen LogP contribution in [0.1, 0.15) is 22.7 Å². The average Bonchev–Trinajstić information content (AvgIpc) is 3.36. The molecule has 3 heterocycles. The number of aromatic nitrogens is 3. The normalized spacial score (nSPS) is 16.0. The van der Waals surface area contributed by atoms with Crippen LogP contribution < -0.4 is 10.5 Å². The molecule has 2 aromatic heterocycles. The van der Waals surface area contributed by atoms with E-state index in [-0.39, 0.29) is 18.4 Å². The van der Waals surface area contributed by atoms with Crippen LogP contribution in [0.2, 0.25) is 0 Å². The molecule has 0 fully saturated rings. The van der Waals surface area contributed by atoms with Crippen LogP contribution in [-0.4, -0.2) is 37.9 Å². The van der Waals surface area contributed by atoms with Gasteiger partial charge in [0.25, 0.3) is 0 Å². The summed E-state index contributed by atoms with van der Waals surface area (Å²) in [7, 11) is 3.68. The van der Waals surface area contributed by atoms with E-state index in [1.807, 2.05) is 37.2 Å². The van der Waals surface area contributed by atoms with Crippen molar-refractivity contribution in [1.82, 2.24) is 19.7 Å². The van der Waals surface area contributed by atoms with Crippen LogP contribution in [-0.2, 0) is 28.5 Å². The number of halogens is 3. The van der Waals surface area contributed by atoms with E-state index in [4.69, 9.17) is 25.8 Å². The molecule has 1 atom stereocenters. The summed E-state index contributed by atoms with van der Waals surface area (Å²) in [6, 6.07) is 9.05. The Morgan fingerprint density at radius 3 is 2.75 bits per heavy atom. The summed E-state index contributed by atoms with van der Waals surface area (Å²) in [5.41, 5.74) is 8.46. The molecular formula is C22H18CoF3N5O. The van der Waals surface area contributed by atoms with Gasteiger partial charge in [0.05, 0.1) is 0 Å². The van der Waals surface area contributed by atoms with E-state index in [2.05, 4.69) is 10.1 Å². The third kappa shape index (κ3) is 3.26. The second-order valence-corrected chi connectivity index (χ2v) is 8.21. The molecule has 32 heavy (non-hydrogen) atoms. The van der Waals surface area contributed by atoms with Gasteiger partial charge in [0, 0.05) is 0 Å². The number of alkyl halides is 3. The first-order chi connectivity index (χ1) is 15.1. The zero-order valence-corrected chi connectivity index (χ0v) is 18.1. The van der Waals surface area contributed by atoms with Crippen molar-refractivity contribution in [2.45, 2.75) is 12.2 Å². The van der Waals surface area contributed by atoms with Crippen LogP contribution in [0.25, 0.3) is 21.8 Å². The molecule has 0 bridgehead atoms. The monoisotopic (exact) mass is 484 g/mol. The SMILES string of the molecule is CN([C](=[Co])c1ccc2nc(N)c3cnn(C)c3c2c1)[C@H]1COc2cc(C(F)(F)F)ccc21. The summed E-state index contributed by atoms with van der Waals surface area (Å²) in [5, 5.41) is 5.94. The third-order valence-corrected chi connectivity index (χ3v) is 6.46. The second-order valence-electron chi connectivity index (χ2n) is 7.72. The molecule has 4 aromatic rings.